The molecule has 2 aromatic rings. The zero-order chi connectivity index (χ0) is 16.0. The lowest BCUT2D eigenvalue weighted by Crippen LogP contribution is -2.26. The van der Waals surface area contributed by atoms with Crippen LogP contribution in [0, 0.1) is 5.92 Å². The van der Waals surface area contributed by atoms with Crippen LogP contribution in [0.2, 0.25) is 0 Å². The molecule has 2 N–H and O–H groups in total. The molecule has 0 amide bonds. The number of ether oxygens (including phenoxy) is 2. The molecule has 2 aliphatic rings. The number of hydrogen-bond acceptors (Lipinski definition) is 4. The van der Waals surface area contributed by atoms with Crippen LogP contribution in [0.1, 0.15) is 36.0 Å². The normalized spacial score (nSPS) is 28.7. The van der Waals surface area contributed by atoms with E-state index in [1.165, 1.54) is 0 Å². The van der Waals surface area contributed by atoms with E-state index in [1.807, 2.05) is 24.3 Å². The summed E-state index contributed by atoms with van der Waals surface area (Å²) in [4.78, 5) is 0. The van der Waals surface area contributed by atoms with Gasteiger partial charge in [-0.3, -0.25) is 0 Å². The van der Waals surface area contributed by atoms with E-state index in [0.717, 1.165) is 29.7 Å². The van der Waals surface area contributed by atoms with E-state index in [9.17, 15) is 10.2 Å². The number of aromatic hydroxyl groups is 2. The number of benzene rings is 2. The van der Waals surface area contributed by atoms with E-state index in [0.29, 0.717) is 11.8 Å². The Hall–Kier alpha value is -2.20. The van der Waals surface area contributed by atoms with E-state index in [2.05, 4.69) is 0 Å². The Kier molecular flexibility index (Phi) is 3.42. The Bertz CT molecular complexity index is 710. The van der Waals surface area contributed by atoms with Crippen LogP contribution in [0.25, 0.3) is 0 Å². The van der Waals surface area contributed by atoms with Crippen molar-refractivity contribution >= 4 is 0 Å². The maximum absolute atomic E-state index is 9.83. The quantitative estimate of drug-likeness (QED) is 0.887. The molecule has 23 heavy (non-hydrogen) atoms. The fraction of sp³-hybridized carbons (Fsp3) is 0.368. The van der Waals surface area contributed by atoms with E-state index in [4.69, 9.17) is 9.47 Å². The van der Waals surface area contributed by atoms with Crippen molar-refractivity contribution in [3.05, 3.63) is 53.6 Å². The minimum Gasteiger partial charge on any atom is -0.508 e. The first-order valence-corrected chi connectivity index (χ1v) is 7.97. The summed E-state index contributed by atoms with van der Waals surface area (Å²) < 4.78 is 11.9. The second kappa shape index (κ2) is 5.46. The SMILES string of the molecule is CO[C@@H]1C[C@H]2[C@@H](C1)c1cc(O)ccc1O[C@H]2c1ccc(O)cc1. The highest BCUT2D eigenvalue weighted by Gasteiger charge is 2.45. The third-order valence-corrected chi connectivity index (χ3v) is 5.16. The third kappa shape index (κ3) is 2.43. The fourth-order valence-corrected chi connectivity index (χ4v) is 4.04. The number of rotatable bonds is 2. The zero-order valence-electron chi connectivity index (χ0n) is 13.0. The molecule has 4 rings (SSSR count). The minimum atomic E-state index is -0.0576. The van der Waals surface area contributed by atoms with Crippen molar-refractivity contribution in [1.29, 1.82) is 0 Å². The molecule has 1 saturated carbocycles. The van der Waals surface area contributed by atoms with Gasteiger partial charge < -0.3 is 19.7 Å². The summed E-state index contributed by atoms with van der Waals surface area (Å²) in [5.41, 5.74) is 2.14. The summed E-state index contributed by atoms with van der Waals surface area (Å²) in [6.45, 7) is 0. The Balaban J connectivity index is 1.76. The molecule has 2 aromatic carbocycles. The molecule has 0 aromatic heterocycles. The van der Waals surface area contributed by atoms with Gasteiger partial charge in [-0.05, 0) is 54.7 Å². The van der Waals surface area contributed by atoms with E-state index in [-0.39, 0.29) is 23.7 Å². The van der Waals surface area contributed by atoms with Gasteiger partial charge in [0, 0.05) is 18.6 Å². The van der Waals surface area contributed by atoms with Crippen molar-refractivity contribution in [2.45, 2.75) is 31.0 Å². The van der Waals surface area contributed by atoms with Gasteiger partial charge in [0.15, 0.2) is 0 Å². The lowest BCUT2D eigenvalue weighted by molar-refractivity contribution is 0.0804. The van der Waals surface area contributed by atoms with Gasteiger partial charge >= 0.3 is 0 Å². The van der Waals surface area contributed by atoms with Crippen LogP contribution in [0.5, 0.6) is 17.2 Å². The highest BCUT2D eigenvalue weighted by atomic mass is 16.5. The minimum absolute atomic E-state index is 0.0576. The topological polar surface area (TPSA) is 58.9 Å². The smallest absolute Gasteiger partial charge is 0.127 e. The predicted molar refractivity (Wildman–Crippen MR) is 85.8 cm³/mol. The number of fused-ring (bicyclic) bond motifs is 3. The molecule has 1 aliphatic carbocycles. The van der Waals surface area contributed by atoms with Crippen LogP contribution < -0.4 is 4.74 Å². The summed E-state index contributed by atoms with van der Waals surface area (Å²) in [6, 6.07) is 12.6. The zero-order valence-corrected chi connectivity index (χ0v) is 13.0. The standard InChI is InChI=1S/C19H20O4/c1-22-14-9-15-16-8-13(21)6-7-18(16)23-19(17(15)10-14)11-2-4-12(20)5-3-11/h2-8,14-15,17,19-21H,9-10H2,1H3/t14-,15-,17-,19-/m0/s1. The van der Waals surface area contributed by atoms with Crippen molar-refractivity contribution in [3.63, 3.8) is 0 Å². The maximum Gasteiger partial charge on any atom is 0.127 e. The summed E-state index contributed by atoms with van der Waals surface area (Å²) >= 11 is 0. The molecule has 4 nitrogen and oxygen atoms in total. The number of phenols is 2. The first kappa shape index (κ1) is 14.4. The van der Waals surface area contributed by atoms with Crippen molar-refractivity contribution in [2.24, 2.45) is 5.92 Å². The van der Waals surface area contributed by atoms with Crippen molar-refractivity contribution < 1.29 is 19.7 Å². The monoisotopic (exact) mass is 312 g/mol. The highest BCUT2D eigenvalue weighted by molar-refractivity contribution is 5.46. The Labute approximate surface area is 135 Å². The van der Waals surface area contributed by atoms with Gasteiger partial charge in [0.25, 0.3) is 0 Å². The molecule has 120 valence electrons. The lowest BCUT2D eigenvalue weighted by Gasteiger charge is -2.36. The van der Waals surface area contributed by atoms with Gasteiger partial charge in [0.1, 0.15) is 23.4 Å². The molecule has 1 fully saturated rings. The van der Waals surface area contributed by atoms with Crippen LogP contribution in [-0.4, -0.2) is 23.4 Å². The van der Waals surface area contributed by atoms with Crippen molar-refractivity contribution in [2.75, 3.05) is 7.11 Å². The molecule has 0 spiro atoms. The molecule has 4 atom stereocenters. The molecular formula is C19H20O4. The summed E-state index contributed by atoms with van der Waals surface area (Å²) in [6.07, 6.45) is 2.02. The summed E-state index contributed by atoms with van der Waals surface area (Å²) in [5, 5.41) is 19.4. The largest absolute Gasteiger partial charge is 0.508 e. The van der Waals surface area contributed by atoms with Crippen molar-refractivity contribution in [1.82, 2.24) is 0 Å². The Morgan fingerprint density at radius 3 is 2.48 bits per heavy atom. The van der Waals surface area contributed by atoms with Gasteiger partial charge in [-0.1, -0.05) is 12.1 Å². The maximum atomic E-state index is 9.83. The van der Waals surface area contributed by atoms with Gasteiger partial charge in [-0.2, -0.15) is 0 Å². The number of methoxy groups -OCH3 is 1. The predicted octanol–water partition coefficient (Wildman–Crippen LogP) is 3.74. The lowest BCUT2D eigenvalue weighted by atomic mass is 9.80. The van der Waals surface area contributed by atoms with E-state index < -0.39 is 0 Å². The second-order valence-electron chi connectivity index (χ2n) is 6.45. The van der Waals surface area contributed by atoms with Gasteiger partial charge in [-0.25, -0.2) is 0 Å². The van der Waals surface area contributed by atoms with Gasteiger partial charge in [0.2, 0.25) is 0 Å². The molecule has 0 saturated heterocycles. The molecule has 1 heterocycles. The molecule has 0 bridgehead atoms. The average molecular weight is 312 g/mol. The van der Waals surface area contributed by atoms with Gasteiger partial charge in [-0.15, -0.1) is 0 Å². The van der Waals surface area contributed by atoms with Crippen LogP contribution in [0.3, 0.4) is 0 Å². The highest BCUT2D eigenvalue weighted by Crippen LogP contribution is 2.54. The number of phenolic OH excluding ortho intramolecular Hbond substituents is 2. The van der Waals surface area contributed by atoms with Crippen LogP contribution in [0.15, 0.2) is 42.5 Å². The van der Waals surface area contributed by atoms with E-state index in [1.54, 1.807) is 25.3 Å². The fourth-order valence-electron chi connectivity index (χ4n) is 4.04. The average Bonchev–Trinajstić information content (AvgIpc) is 3.00. The van der Waals surface area contributed by atoms with Crippen LogP contribution in [0.4, 0.5) is 0 Å². The summed E-state index contributed by atoms with van der Waals surface area (Å²) in [7, 11) is 1.75. The van der Waals surface area contributed by atoms with E-state index >= 15 is 0 Å². The van der Waals surface area contributed by atoms with Gasteiger partial charge in [0.05, 0.1) is 6.10 Å². The molecular weight excluding hydrogens is 292 g/mol. The van der Waals surface area contributed by atoms with Crippen LogP contribution in [-0.2, 0) is 4.74 Å². The second-order valence-corrected chi connectivity index (χ2v) is 6.45. The molecule has 0 unspecified atom stereocenters. The molecule has 1 aliphatic heterocycles. The first-order valence-electron chi connectivity index (χ1n) is 7.97. The van der Waals surface area contributed by atoms with Crippen molar-refractivity contribution in [3.8, 4) is 17.2 Å². The summed E-state index contributed by atoms with van der Waals surface area (Å²) in [5.74, 6) is 1.98. The molecule has 4 heteroatoms. The number of hydrogen-bond donors (Lipinski definition) is 2. The Morgan fingerprint density at radius 1 is 1.00 bits per heavy atom. The van der Waals surface area contributed by atoms with Crippen LogP contribution >= 0.6 is 0 Å². The Morgan fingerprint density at radius 2 is 1.74 bits per heavy atom. The first-order chi connectivity index (χ1) is 11.2. The third-order valence-electron chi connectivity index (χ3n) is 5.16. The molecule has 0 radical (unpaired) electrons.